The number of rotatable bonds is 2. The highest BCUT2D eigenvalue weighted by atomic mass is 32.1. The van der Waals surface area contributed by atoms with Gasteiger partial charge in [0.05, 0.1) is 5.56 Å². The number of carbonyl (C=O) groups excluding carboxylic acids is 1. The molecule has 2 atom stereocenters. The van der Waals surface area contributed by atoms with E-state index >= 15 is 0 Å². The van der Waals surface area contributed by atoms with Gasteiger partial charge in [-0.3, -0.25) is 9.69 Å². The lowest BCUT2D eigenvalue weighted by atomic mass is 10.1. The Morgan fingerprint density at radius 3 is 2.94 bits per heavy atom. The van der Waals surface area contributed by atoms with Gasteiger partial charge in [0.25, 0.3) is 5.91 Å². The number of thiol groups is 1. The molecule has 1 amide bonds. The first-order valence-corrected chi connectivity index (χ1v) is 7.03. The van der Waals surface area contributed by atoms with E-state index in [1.165, 1.54) is 19.4 Å². The fraction of sp³-hybridized carbons (Fsp3) is 0.500. The van der Waals surface area contributed by atoms with E-state index in [9.17, 15) is 4.79 Å². The van der Waals surface area contributed by atoms with Crippen LogP contribution in [0.5, 0.6) is 0 Å². The van der Waals surface area contributed by atoms with Crippen LogP contribution in [0, 0.1) is 0 Å². The number of carbonyl (C=O) groups is 1. The molecule has 2 saturated heterocycles. The van der Waals surface area contributed by atoms with Crippen LogP contribution in [0.4, 0.5) is 0 Å². The molecule has 96 valence electrons. The highest BCUT2D eigenvalue weighted by molar-refractivity contribution is 7.80. The summed E-state index contributed by atoms with van der Waals surface area (Å²) >= 11 is 4.34. The van der Waals surface area contributed by atoms with Crippen LogP contribution < -0.4 is 5.32 Å². The van der Waals surface area contributed by atoms with Crippen molar-refractivity contribution in [2.45, 2.75) is 36.2 Å². The molecule has 2 unspecified atom stereocenters. The molecule has 0 saturated carbocycles. The van der Waals surface area contributed by atoms with Gasteiger partial charge in [-0.1, -0.05) is 12.1 Å². The third-order valence-corrected chi connectivity index (χ3v) is 4.46. The first-order valence-electron chi connectivity index (χ1n) is 6.58. The molecule has 3 rings (SSSR count). The minimum Gasteiger partial charge on any atom is -0.348 e. The molecule has 2 fully saturated rings. The number of fused-ring (bicyclic) bond motifs is 1. The molecule has 0 aliphatic carbocycles. The number of amides is 1. The molecule has 2 aliphatic heterocycles. The summed E-state index contributed by atoms with van der Waals surface area (Å²) in [6, 6.07) is 8.33. The molecule has 2 heterocycles. The maximum absolute atomic E-state index is 12.2. The molecule has 3 nitrogen and oxygen atoms in total. The van der Waals surface area contributed by atoms with Crippen molar-refractivity contribution in [1.29, 1.82) is 0 Å². The molecule has 0 bridgehead atoms. The van der Waals surface area contributed by atoms with Crippen molar-refractivity contribution in [1.82, 2.24) is 10.2 Å². The SMILES string of the molecule is O=C(NC1CCN2CCCC12)c1ccccc1S. The second kappa shape index (κ2) is 4.94. The van der Waals surface area contributed by atoms with Crippen LogP contribution in [0.2, 0.25) is 0 Å². The Kier molecular flexibility index (Phi) is 3.31. The third-order valence-electron chi connectivity index (χ3n) is 4.07. The van der Waals surface area contributed by atoms with Gasteiger partial charge >= 0.3 is 0 Å². The van der Waals surface area contributed by atoms with Gasteiger partial charge < -0.3 is 5.32 Å². The summed E-state index contributed by atoms with van der Waals surface area (Å²) in [6.45, 7) is 2.32. The van der Waals surface area contributed by atoms with Crippen LogP contribution in [0.25, 0.3) is 0 Å². The van der Waals surface area contributed by atoms with Gasteiger partial charge in [-0.25, -0.2) is 0 Å². The molecule has 18 heavy (non-hydrogen) atoms. The third kappa shape index (κ3) is 2.15. The van der Waals surface area contributed by atoms with Crippen LogP contribution >= 0.6 is 12.6 Å². The lowest BCUT2D eigenvalue weighted by Gasteiger charge is -2.21. The van der Waals surface area contributed by atoms with Crippen molar-refractivity contribution in [2.24, 2.45) is 0 Å². The van der Waals surface area contributed by atoms with Gasteiger partial charge in [0, 0.05) is 23.5 Å². The normalized spacial score (nSPS) is 27.2. The van der Waals surface area contributed by atoms with Crippen molar-refractivity contribution in [3.05, 3.63) is 29.8 Å². The molecule has 1 aromatic rings. The van der Waals surface area contributed by atoms with Crippen molar-refractivity contribution < 1.29 is 4.79 Å². The monoisotopic (exact) mass is 262 g/mol. The fourth-order valence-corrected chi connectivity index (χ4v) is 3.42. The van der Waals surface area contributed by atoms with E-state index in [0.717, 1.165) is 17.9 Å². The summed E-state index contributed by atoms with van der Waals surface area (Å²) in [5.74, 6) is 0.0133. The zero-order valence-electron chi connectivity index (χ0n) is 10.3. The summed E-state index contributed by atoms with van der Waals surface area (Å²) in [4.78, 5) is 15.5. The van der Waals surface area contributed by atoms with E-state index in [1.54, 1.807) is 0 Å². The molecule has 4 heteroatoms. The number of hydrogen-bond acceptors (Lipinski definition) is 3. The largest absolute Gasteiger partial charge is 0.348 e. The minimum atomic E-state index is 0.0133. The average molecular weight is 262 g/mol. The van der Waals surface area contributed by atoms with E-state index in [4.69, 9.17) is 0 Å². The summed E-state index contributed by atoms with van der Waals surface area (Å²) in [6.07, 6.45) is 3.55. The maximum atomic E-state index is 12.2. The molecule has 1 aromatic carbocycles. The number of nitrogens with zero attached hydrogens (tertiary/aromatic N) is 1. The summed E-state index contributed by atoms with van der Waals surface area (Å²) in [5.41, 5.74) is 0.678. The maximum Gasteiger partial charge on any atom is 0.252 e. The molecule has 1 N–H and O–H groups in total. The Morgan fingerprint density at radius 2 is 2.11 bits per heavy atom. The lowest BCUT2D eigenvalue weighted by Crippen LogP contribution is -2.42. The fourth-order valence-electron chi connectivity index (χ4n) is 3.16. The predicted octanol–water partition coefficient (Wildman–Crippen LogP) is 1.94. The quantitative estimate of drug-likeness (QED) is 0.798. The molecule has 0 aromatic heterocycles. The summed E-state index contributed by atoms with van der Waals surface area (Å²) in [5, 5.41) is 3.18. The highest BCUT2D eigenvalue weighted by Gasteiger charge is 2.37. The highest BCUT2D eigenvalue weighted by Crippen LogP contribution is 2.28. The van der Waals surface area contributed by atoms with Crippen LogP contribution in [0.15, 0.2) is 29.2 Å². The molecular formula is C14H18N2OS. The zero-order valence-corrected chi connectivity index (χ0v) is 11.2. The zero-order chi connectivity index (χ0) is 12.5. The summed E-state index contributed by atoms with van der Waals surface area (Å²) in [7, 11) is 0. The molecule has 0 spiro atoms. The first-order chi connectivity index (χ1) is 8.75. The minimum absolute atomic E-state index is 0.0133. The number of benzene rings is 1. The van der Waals surface area contributed by atoms with E-state index in [2.05, 4.69) is 22.8 Å². The van der Waals surface area contributed by atoms with Gasteiger partial charge in [0.15, 0.2) is 0 Å². The molecule has 0 radical (unpaired) electrons. The Hall–Kier alpha value is -1.00. The second-order valence-electron chi connectivity index (χ2n) is 5.13. The van der Waals surface area contributed by atoms with Crippen LogP contribution in [-0.4, -0.2) is 36.0 Å². The summed E-state index contributed by atoms with van der Waals surface area (Å²) < 4.78 is 0. The Morgan fingerprint density at radius 1 is 1.28 bits per heavy atom. The standard InChI is InChI=1S/C14H18N2OS/c17-14(10-4-1-2-6-13(10)18)15-11-7-9-16-8-3-5-12(11)16/h1-2,4,6,11-12,18H,3,5,7-9H2,(H,15,17). The van der Waals surface area contributed by atoms with Gasteiger partial charge in [0.1, 0.15) is 0 Å². The predicted molar refractivity (Wildman–Crippen MR) is 74.2 cm³/mol. The lowest BCUT2D eigenvalue weighted by molar-refractivity contribution is 0.0926. The number of nitrogens with one attached hydrogen (secondary N) is 1. The topological polar surface area (TPSA) is 32.3 Å². The van der Waals surface area contributed by atoms with Crippen molar-refractivity contribution in [2.75, 3.05) is 13.1 Å². The van der Waals surface area contributed by atoms with E-state index < -0.39 is 0 Å². The molecule has 2 aliphatic rings. The first kappa shape index (κ1) is 12.1. The number of hydrogen-bond donors (Lipinski definition) is 2. The van der Waals surface area contributed by atoms with E-state index in [1.807, 2.05) is 24.3 Å². The van der Waals surface area contributed by atoms with E-state index in [-0.39, 0.29) is 5.91 Å². The second-order valence-corrected chi connectivity index (χ2v) is 5.61. The van der Waals surface area contributed by atoms with Crippen molar-refractivity contribution in [3.63, 3.8) is 0 Å². The van der Waals surface area contributed by atoms with Gasteiger partial charge in [-0.15, -0.1) is 12.6 Å². The smallest absolute Gasteiger partial charge is 0.252 e. The van der Waals surface area contributed by atoms with Crippen molar-refractivity contribution >= 4 is 18.5 Å². The Balaban J connectivity index is 1.70. The Labute approximate surface area is 113 Å². The van der Waals surface area contributed by atoms with Crippen LogP contribution in [0.1, 0.15) is 29.6 Å². The van der Waals surface area contributed by atoms with E-state index in [0.29, 0.717) is 17.6 Å². The van der Waals surface area contributed by atoms with Crippen molar-refractivity contribution in [3.8, 4) is 0 Å². The Bertz CT molecular complexity index is 463. The molecular weight excluding hydrogens is 244 g/mol. The van der Waals surface area contributed by atoms with Gasteiger partial charge in [-0.05, 0) is 37.9 Å². The van der Waals surface area contributed by atoms with Crippen LogP contribution in [-0.2, 0) is 0 Å². The van der Waals surface area contributed by atoms with Gasteiger partial charge in [0.2, 0.25) is 0 Å². The average Bonchev–Trinajstić information content (AvgIpc) is 2.94. The van der Waals surface area contributed by atoms with Crippen LogP contribution in [0.3, 0.4) is 0 Å². The van der Waals surface area contributed by atoms with Gasteiger partial charge in [-0.2, -0.15) is 0 Å².